The third-order valence-corrected chi connectivity index (χ3v) is 6.17. The van der Waals surface area contributed by atoms with Gasteiger partial charge in [-0.05, 0) is 77.3 Å². The van der Waals surface area contributed by atoms with Gasteiger partial charge in [-0.3, -0.25) is 4.90 Å². The van der Waals surface area contributed by atoms with Gasteiger partial charge in [-0.25, -0.2) is 4.98 Å². The summed E-state index contributed by atoms with van der Waals surface area (Å²) in [7, 11) is 0. The van der Waals surface area contributed by atoms with Crippen LogP contribution in [0.5, 0.6) is 0 Å². The maximum Gasteiger partial charge on any atom is 0.213 e. The van der Waals surface area contributed by atoms with Gasteiger partial charge in [0.15, 0.2) is 0 Å². The quantitative estimate of drug-likeness (QED) is 0.586. The largest absolute Gasteiger partial charge is 0.299 e. The van der Waals surface area contributed by atoms with Crippen LogP contribution in [0.1, 0.15) is 35.2 Å². The summed E-state index contributed by atoms with van der Waals surface area (Å²) in [5.74, 6) is -0.400. The minimum atomic E-state index is -0.400. The zero-order valence-corrected chi connectivity index (χ0v) is 16.1. The third-order valence-electron chi connectivity index (χ3n) is 6.17. The molecule has 0 unspecified atom stereocenters. The molecule has 5 rings (SSSR count). The van der Waals surface area contributed by atoms with Crippen molar-refractivity contribution >= 4 is 16.3 Å². The molecule has 2 nitrogen and oxygen atoms in total. The molecular weight excluding hydrogens is 347 g/mol. The maximum absolute atomic E-state index is 13.3. The molecule has 28 heavy (non-hydrogen) atoms. The van der Waals surface area contributed by atoms with Crippen molar-refractivity contribution in [2.45, 2.75) is 32.1 Å². The van der Waals surface area contributed by atoms with Crippen molar-refractivity contribution in [3.8, 4) is 0 Å². The number of halogens is 1. The first-order chi connectivity index (χ1) is 13.7. The molecule has 3 aromatic rings. The molecule has 2 heterocycles. The highest BCUT2D eigenvalue weighted by atomic mass is 19.1. The van der Waals surface area contributed by atoms with Gasteiger partial charge in [0.1, 0.15) is 0 Å². The molecule has 0 saturated heterocycles. The normalized spacial score (nSPS) is 17.0. The lowest BCUT2D eigenvalue weighted by molar-refractivity contribution is 0.305. The molecule has 2 aliphatic rings. The molecule has 0 fully saturated rings. The van der Waals surface area contributed by atoms with Gasteiger partial charge in [0, 0.05) is 19.6 Å². The second-order valence-corrected chi connectivity index (χ2v) is 8.03. The smallest absolute Gasteiger partial charge is 0.213 e. The average Bonchev–Trinajstić information content (AvgIpc) is 3.18. The summed E-state index contributed by atoms with van der Waals surface area (Å²) in [6.07, 6.45) is 7.97. The predicted molar refractivity (Wildman–Crippen MR) is 113 cm³/mol. The van der Waals surface area contributed by atoms with Crippen LogP contribution >= 0.6 is 0 Å². The second kappa shape index (κ2) is 7.48. The van der Waals surface area contributed by atoms with Gasteiger partial charge in [-0.15, -0.1) is 0 Å². The number of pyridine rings is 1. The monoisotopic (exact) mass is 372 g/mol. The number of hydrogen-bond donors (Lipinski definition) is 0. The van der Waals surface area contributed by atoms with E-state index in [0.717, 1.165) is 43.7 Å². The first kappa shape index (κ1) is 17.6. The highest BCUT2D eigenvalue weighted by Crippen LogP contribution is 2.28. The topological polar surface area (TPSA) is 16.1 Å². The molecule has 0 N–H and O–H groups in total. The molecule has 2 aromatic carbocycles. The lowest BCUT2D eigenvalue weighted by atomic mass is 9.99. The first-order valence-corrected chi connectivity index (χ1v) is 10.3. The fraction of sp³-hybridized carbons (Fsp3) is 0.320. The Labute approximate surface area is 165 Å². The van der Waals surface area contributed by atoms with Gasteiger partial charge in [-0.2, -0.15) is 4.39 Å². The molecule has 3 heteroatoms. The number of rotatable bonds is 4. The predicted octanol–water partition coefficient (Wildman–Crippen LogP) is 5.19. The Morgan fingerprint density at radius 1 is 0.929 bits per heavy atom. The minimum absolute atomic E-state index is 0.400. The van der Waals surface area contributed by atoms with Gasteiger partial charge < -0.3 is 0 Å². The number of hydrogen-bond acceptors (Lipinski definition) is 2. The van der Waals surface area contributed by atoms with Crippen molar-refractivity contribution in [2.75, 3.05) is 19.6 Å². The summed E-state index contributed by atoms with van der Waals surface area (Å²) in [5, 5.41) is 2.76. The Hall–Kier alpha value is -2.52. The van der Waals surface area contributed by atoms with Crippen LogP contribution < -0.4 is 0 Å². The molecule has 0 atom stereocenters. The van der Waals surface area contributed by atoms with E-state index in [4.69, 9.17) is 0 Å². The van der Waals surface area contributed by atoms with Crippen molar-refractivity contribution in [1.82, 2.24) is 9.88 Å². The van der Waals surface area contributed by atoms with Crippen molar-refractivity contribution in [1.29, 1.82) is 0 Å². The summed E-state index contributed by atoms with van der Waals surface area (Å²) in [6, 6.07) is 16.8. The standard InChI is InChI=1S/C25H25FN2/c26-25-6-2-5-24(27-25)19-10-13-28(14-11-19)12-9-18-7-8-22-16-20-3-1-4-21(20)17-23(22)15-18/h2,5-8,10,15-17H,1,3-4,9,11-14H2. The summed E-state index contributed by atoms with van der Waals surface area (Å²) >= 11 is 0. The van der Waals surface area contributed by atoms with Crippen molar-refractivity contribution in [2.24, 2.45) is 0 Å². The van der Waals surface area contributed by atoms with E-state index in [2.05, 4.69) is 46.3 Å². The summed E-state index contributed by atoms with van der Waals surface area (Å²) in [5.41, 5.74) is 6.44. The fourth-order valence-electron chi connectivity index (χ4n) is 4.55. The molecule has 0 amide bonds. The average molecular weight is 372 g/mol. The summed E-state index contributed by atoms with van der Waals surface area (Å²) in [4.78, 5) is 6.48. The molecule has 0 radical (unpaired) electrons. The zero-order valence-electron chi connectivity index (χ0n) is 16.1. The van der Waals surface area contributed by atoms with Crippen molar-refractivity contribution < 1.29 is 4.39 Å². The minimum Gasteiger partial charge on any atom is -0.299 e. The molecule has 1 aliphatic heterocycles. The number of nitrogens with zero attached hydrogens (tertiary/aromatic N) is 2. The Kier molecular flexibility index (Phi) is 4.69. The zero-order chi connectivity index (χ0) is 18.9. The maximum atomic E-state index is 13.3. The molecular formula is C25H25FN2. The second-order valence-electron chi connectivity index (χ2n) is 8.03. The van der Waals surface area contributed by atoms with Crippen LogP contribution in [0, 0.1) is 5.95 Å². The lowest BCUT2D eigenvalue weighted by Crippen LogP contribution is -2.30. The lowest BCUT2D eigenvalue weighted by Gasteiger charge is -2.26. The van der Waals surface area contributed by atoms with Gasteiger partial charge in [0.25, 0.3) is 0 Å². The fourth-order valence-corrected chi connectivity index (χ4v) is 4.55. The van der Waals surface area contributed by atoms with E-state index in [9.17, 15) is 4.39 Å². The Morgan fingerprint density at radius 2 is 1.79 bits per heavy atom. The van der Waals surface area contributed by atoms with Crippen LogP contribution in [0.15, 0.2) is 54.6 Å². The first-order valence-electron chi connectivity index (χ1n) is 10.3. The Balaban J connectivity index is 1.24. The SMILES string of the molecule is Fc1cccc(C2=CCN(CCc3ccc4cc5c(cc4c3)CCC5)CC2)n1. The van der Waals surface area contributed by atoms with Gasteiger partial charge in [0.2, 0.25) is 5.95 Å². The van der Waals surface area contributed by atoms with Gasteiger partial charge >= 0.3 is 0 Å². The van der Waals surface area contributed by atoms with Gasteiger partial charge in [-0.1, -0.05) is 42.5 Å². The third kappa shape index (κ3) is 3.59. The molecule has 0 bridgehead atoms. The van der Waals surface area contributed by atoms with Crippen LogP contribution in [-0.2, 0) is 19.3 Å². The highest BCUT2D eigenvalue weighted by Gasteiger charge is 2.15. The van der Waals surface area contributed by atoms with Crippen molar-refractivity contribution in [3.63, 3.8) is 0 Å². The van der Waals surface area contributed by atoms with Crippen LogP contribution in [0.3, 0.4) is 0 Å². The van der Waals surface area contributed by atoms with Crippen molar-refractivity contribution in [3.05, 3.63) is 82.9 Å². The van der Waals surface area contributed by atoms with E-state index in [0.29, 0.717) is 0 Å². The van der Waals surface area contributed by atoms with E-state index >= 15 is 0 Å². The van der Waals surface area contributed by atoms with Crippen LogP contribution in [0.2, 0.25) is 0 Å². The number of fused-ring (bicyclic) bond motifs is 2. The molecule has 0 saturated carbocycles. The summed E-state index contributed by atoms with van der Waals surface area (Å²) < 4.78 is 13.3. The van der Waals surface area contributed by atoms with Crippen LogP contribution in [0.4, 0.5) is 4.39 Å². The van der Waals surface area contributed by atoms with E-state index in [1.807, 2.05) is 6.07 Å². The van der Waals surface area contributed by atoms with Crippen LogP contribution in [-0.4, -0.2) is 29.5 Å². The molecule has 0 spiro atoms. The highest BCUT2D eigenvalue weighted by molar-refractivity contribution is 5.85. The number of aryl methyl sites for hydroxylation is 2. The van der Waals surface area contributed by atoms with E-state index in [-0.39, 0.29) is 0 Å². The Morgan fingerprint density at radius 3 is 2.57 bits per heavy atom. The van der Waals surface area contributed by atoms with E-state index in [1.165, 1.54) is 41.7 Å². The van der Waals surface area contributed by atoms with Crippen LogP contribution in [0.25, 0.3) is 16.3 Å². The molecule has 142 valence electrons. The summed E-state index contributed by atoms with van der Waals surface area (Å²) in [6.45, 7) is 2.97. The molecule has 1 aromatic heterocycles. The van der Waals surface area contributed by atoms with Gasteiger partial charge in [0.05, 0.1) is 5.69 Å². The Bertz CT molecular complexity index is 1050. The number of benzene rings is 2. The van der Waals surface area contributed by atoms with E-state index < -0.39 is 5.95 Å². The van der Waals surface area contributed by atoms with E-state index in [1.54, 1.807) is 17.2 Å². The number of aromatic nitrogens is 1. The molecule has 1 aliphatic carbocycles.